The molecule has 0 aromatic heterocycles. The van der Waals surface area contributed by atoms with Gasteiger partial charge in [-0.25, -0.2) is 0 Å². The monoisotopic (exact) mass is 384 g/mol. The third kappa shape index (κ3) is 7.05. The quantitative estimate of drug-likeness (QED) is 0.377. The zero-order valence-electron chi connectivity index (χ0n) is 16.0. The fraction of sp³-hybridized carbons (Fsp3) is 0.300. The van der Waals surface area contributed by atoms with E-state index in [0.717, 1.165) is 16.7 Å². The molecule has 2 rings (SSSR count). The zero-order valence-corrected chi connectivity index (χ0v) is 16.0. The van der Waals surface area contributed by atoms with Crippen LogP contribution in [0.5, 0.6) is 5.75 Å². The van der Waals surface area contributed by atoms with Gasteiger partial charge in [0.15, 0.2) is 0 Å². The van der Waals surface area contributed by atoms with Gasteiger partial charge in [-0.05, 0) is 36.6 Å². The van der Waals surface area contributed by atoms with Gasteiger partial charge < -0.3 is 25.4 Å². The summed E-state index contributed by atoms with van der Waals surface area (Å²) in [5.74, 6) is -1.25. The van der Waals surface area contributed by atoms with Crippen molar-refractivity contribution in [1.29, 1.82) is 0 Å². The fourth-order valence-corrected chi connectivity index (χ4v) is 2.66. The molecule has 0 aliphatic carbocycles. The van der Waals surface area contributed by atoms with Gasteiger partial charge in [0.2, 0.25) is 11.8 Å². The van der Waals surface area contributed by atoms with Crippen LogP contribution in [0, 0.1) is 6.92 Å². The summed E-state index contributed by atoms with van der Waals surface area (Å²) in [4.78, 5) is 24.1. The predicted octanol–water partition coefficient (Wildman–Crippen LogP) is 0.749. The second-order valence-electron chi connectivity index (χ2n) is 6.58. The SMILES string of the molecule is COc1cccc(CNC(=O)CC(=O)NC(Cc2ccc(C)cc2)B(O)O)c1. The van der Waals surface area contributed by atoms with Gasteiger partial charge in [0.25, 0.3) is 0 Å². The molecule has 148 valence electrons. The number of carbonyl (C=O) groups excluding carboxylic acids is 2. The van der Waals surface area contributed by atoms with Crippen LogP contribution in [0.25, 0.3) is 0 Å². The summed E-state index contributed by atoms with van der Waals surface area (Å²) in [6, 6.07) is 14.8. The van der Waals surface area contributed by atoms with Crippen molar-refractivity contribution in [2.75, 3.05) is 7.11 Å². The molecule has 0 saturated carbocycles. The van der Waals surface area contributed by atoms with E-state index in [1.165, 1.54) is 0 Å². The van der Waals surface area contributed by atoms with Crippen LogP contribution in [0.3, 0.4) is 0 Å². The Kier molecular flexibility index (Phi) is 8.04. The molecule has 4 N–H and O–H groups in total. The highest BCUT2D eigenvalue weighted by Gasteiger charge is 2.26. The van der Waals surface area contributed by atoms with Crippen molar-refractivity contribution < 1.29 is 24.4 Å². The van der Waals surface area contributed by atoms with Crippen molar-refractivity contribution in [1.82, 2.24) is 10.6 Å². The second-order valence-corrected chi connectivity index (χ2v) is 6.58. The van der Waals surface area contributed by atoms with Crippen LogP contribution in [-0.4, -0.2) is 42.0 Å². The first kappa shape index (κ1) is 21.5. The van der Waals surface area contributed by atoms with Crippen LogP contribution in [-0.2, 0) is 22.6 Å². The first-order chi connectivity index (χ1) is 13.4. The number of amides is 2. The van der Waals surface area contributed by atoms with E-state index < -0.39 is 31.3 Å². The average molecular weight is 384 g/mol. The zero-order chi connectivity index (χ0) is 20.5. The van der Waals surface area contributed by atoms with Crippen LogP contribution < -0.4 is 15.4 Å². The lowest BCUT2D eigenvalue weighted by atomic mass is 9.76. The largest absolute Gasteiger partial charge is 0.497 e. The molecule has 0 fully saturated rings. The lowest BCUT2D eigenvalue weighted by molar-refractivity contribution is -0.129. The maximum absolute atomic E-state index is 12.1. The Morgan fingerprint density at radius 3 is 2.43 bits per heavy atom. The number of aryl methyl sites for hydroxylation is 1. The molecule has 28 heavy (non-hydrogen) atoms. The molecule has 8 heteroatoms. The van der Waals surface area contributed by atoms with Gasteiger partial charge >= 0.3 is 7.12 Å². The van der Waals surface area contributed by atoms with Crippen molar-refractivity contribution in [3.8, 4) is 5.75 Å². The Morgan fingerprint density at radius 1 is 1.07 bits per heavy atom. The van der Waals surface area contributed by atoms with E-state index >= 15 is 0 Å². The molecule has 7 nitrogen and oxygen atoms in total. The number of nitrogens with one attached hydrogen (secondary N) is 2. The van der Waals surface area contributed by atoms with E-state index in [-0.39, 0.29) is 13.0 Å². The summed E-state index contributed by atoms with van der Waals surface area (Å²) in [6.07, 6.45) is -0.157. The molecule has 0 spiro atoms. The molecule has 0 aliphatic heterocycles. The molecule has 0 radical (unpaired) electrons. The first-order valence-corrected chi connectivity index (χ1v) is 8.98. The van der Waals surface area contributed by atoms with Crippen molar-refractivity contribution in [2.24, 2.45) is 0 Å². The maximum Gasteiger partial charge on any atom is 0.475 e. The van der Waals surface area contributed by atoms with E-state index in [1.807, 2.05) is 43.3 Å². The van der Waals surface area contributed by atoms with Crippen molar-refractivity contribution in [2.45, 2.75) is 32.3 Å². The third-order valence-electron chi connectivity index (χ3n) is 4.23. The highest BCUT2D eigenvalue weighted by Crippen LogP contribution is 2.12. The maximum atomic E-state index is 12.1. The number of hydrogen-bond donors (Lipinski definition) is 4. The number of rotatable bonds is 9. The second kappa shape index (κ2) is 10.5. The Balaban J connectivity index is 1.83. The molecule has 1 atom stereocenters. The van der Waals surface area contributed by atoms with Gasteiger partial charge in [-0.1, -0.05) is 42.0 Å². The molecule has 2 amide bonds. The summed E-state index contributed by atoms with van der Waals surface area (Å²) < 4.78 is 5.12. The van der Waals surface area contributed by atoms with Crippen LogP contribution in [0.4, 0.5) is 0 Å². The molecular formula is C20H25BN2O5. The van der Waals surface area contributed by atoms with Gasteiger partial charge in [-0.3, -0.25) is 9.59 Å². The third-order valence-corrected chi connectivity index (χ3v) is 4.23. The van der Waals surface area contributed by atoms with E-state index in [9.17, 15) is 19.6 Å². The number of methoxy groups -OCH3 is 1. The minimum Gasteiger partial charge on any atom is -0.497 e. The van der Waals surface area contributed by atoms with E-state index in [0.29, 0.717) is 5.75 Å². The molecule has 2 aromatic rings. The highest BCUT2D eigenvalue weighted by atomic mass is 16.5. The highest BCUT2D eigenvalue weighted by molar-refractivity contribution is 6.43. The lowest BCUT2D eigenvalue weighted by Gasteiger charge is -2.18. The van der Waals surface area contributed by atoms with Gasteiger partial charge in [-0.2, -0.15) is 0 Å². The van der Waals surface area contributed by atoms with Crippen LogP contribution in [0.2, 0.25) is 0 Å². The standard InChI is InChI=1S/C20H25BN2O5/c1-14-6-8-15(9-7-14)11-18(21(26)27)23-20(25)12-19(24)22-13-16-4-3-5-17(10-16)28-2/h3-10,18,26-27H,11-13H2,1-2H3,(H,22,24)(H,23,25). The summed E-state index contributed by atoms with van der Waals surface area (Å²) in [6.45, 7) is 2.22. The smallest absolute Gasteiger partial charge is 0.475 e. The predicted molar refractivity (Wildman–Crippen MR) is 106 cm³/mol. The van der Waals surface area contributed by atoms with Crippen LogP contribution >= 0.6 is 0 Å². The summed E-state index contributed by atoms with van der Waals surface area (Å²) >= 11 is 0. The number of hydrogen-bond acceptors (Lipinski definition) is 5. The number of benzene rings is 2. The molecular weight excluding hydrogens is 359 g/mol. The Labute approximate surface area is 164 Å². The number of carbonyl (C=O) groups is 2. The first-order valence-electron chi connectivity index (χ1n) is 8.98. The minimum absolute atomic E-state index is 0.245. The molecule has 0 heterocycles. The Bertz CT molecular complexity index is 795. The Hall–Kier alpha value is -2.84. The average Bonchev–Trinajstić information content (AvgIpc) is 2.67. The number of ether oxygens (including phenoxy) is 1. The van der Waals surface area contributed by atoms with Gasteiger partial charge in [0.05, 0.1) is 13.1 Å². The molecule has 0 saturated heterocycles. The minimum atomic E-state index is -1.73. The summed E-state index contributed by atoms with van der Waals surface area (Å²) in [5, 5.41) is 24.2. The van der Waals surface area contributed by atoms with Crippen molar-refractivity contribution in [3.05, 3.63) is 65.2 Å². The lowest BCUT2D eigenvalue weighted by Crippen LogP contribution is -2.48. The van der Waals surface area contributed by atoms with Gasteiger partial charge in [0.1, 0.15) is 12.2 Å². The molecule has 0 aliphatic rings. The van der Waals surface area contributed by atoms with Crippen molar-refractivity contribution >= 4 is 18.9 Å². The molecule has 2 aromatic carbocycles. The van der Waals surface area contributed by atoms with Gasteiger partial charge in [-0.15, -0.1) is 0 Å². The molecule has 0 bridgehead atoms. The van der Waals surface area contributed by atoms with Crippen LogP contribution in [0.1, 0.15) is 23.1 Å². The topological polar surface area (TPSA) is 108 Å². The normalized spacial score (nSPS) is 11.4. The van der Waals surface area contributed by atoms with E-state index in [4.69, 9.17) is 4.74 Å². The van der Waals surface area contributed by atoms with Gasteiger partial charge in [0, 0.05) is 6.54 Å². The summed E-state index contributed by atoms with van der Waals surface area (Å²) in [5.41, 5.74) is 2.78. The van der Waals surface area contributed by atoms with E-state index in [2.05, 4.69) is 10.6 Å². The van der Waals surface area contributed by atoms with Crippen molar-refractivity contribution in [3.63, 3.8) is 0 Å². The fourth-order valence-electron chi connectivity index (χ4n) is 2.66. The Morgan fingerprint density at radius 2 is 1.79 bits per heavy atom. The summed E-state index contributed by atoms with van der Waals surface area (Å²) in [7, 11) is -0.171. The van der Waals surface area contributed by atoms with Crippen LogP contribution in [0.15, 0.2) is 48.5 Å². The van der Waals surface area contributed by atoms with E-state index in [1.54, 1.807) is 19.2 Å². The molecule has 1 unspecified atom stereocenters.